The van der Waals surface area contributed by atoms with Gasteiger partial charge in [0.05, 0.1) is 25.4 Å². The normalized spacial score (nSPS) is 12.5. The van der Waals surface area contributed by atoms with Crippen LogP contribution in [-0.2, 0) is 14.3 Å². The van der Waals surface area contributed by atoms with E-state index in [2.05, 4.69) is 43.5 Å². The largest absolute Gasteiger partial charge is 0.466 e. The maximum absolute atomic E-state index is 12.6. The Kier molecular flexibility index (Phi) is 87.2. The molecule has 3 N–H and O–H groups in total. The first-order valence-corrected chi connectivity index (χ1v) is 46.1. The van der Waals surface area contributed by atoms with Gasteiger partial charge in [-0.15, -0.1) is 0 Å². The Balaban J connectivity index is 3.32. The number of amides is 1. The number of carbonyl (C=O) groups is 2. The third kappa shape index (κ3) is 85.2. The number of unbranched alkanes of at least 4 members (excludes halogenated alkanes) is 73. The van der Waals surface area contributed by atoms with Crippen LogP contribution < -0.4 is 5.32 Å². The van der Waals surface area contributed by atoms with Crippen LogP contribution in [0.2, 0.25) is 0 Å². The van der Waals surface area contributed by atoms with Crippen LogP contribution in [-0.4, -0.2) is 47.4 Å². The second kappa shape index (κ2) is 88.7. The highest BCUT2D eigenvalue weighted by Gasteiger charge is 2.20. The molecule has 0 rings (SSSR count). The van der Waals surface area contributed by atoms with Gasteiger partial charge in [-0.1, -0.05) is 468 Å². The summed E-state index contributed by atoms with van der Waals surface area (Å²) < 4.78 is 5.52. The van der Waals surface area contributed by atoms with Crippen LogP contribution in [0.1, 0.15) is 534 Å². The molecule has 0 spiro atoms. The monoisotopic (exact) mass is 1390 g/mol. The van der Waals surface area contributed by atoms with E-state index in [4.69, 9.17) is 4.74 Å². The van der Waals surface area contributed by atoms with Crippen molar-refractivity contribution in [1.82, 2.24) is 5.32 Å². The molecule has 0 saturated heterocycles. The number of ether oxygens (including phenoxy) is 1. The molecule has 6 nitrogen and oxygen atoms in total. The Labute approximate surface area is 622 Å². The second-order valence-electron chi connectivity index (χ2n) is 32.0. The Morgan fingerprint density at radius 3 is 0.717 bits per heavy atom. The molecule has 0 radical (unpaired) electrons. The molecule has 6 heteroatoms. The minimum Gasteiger partial charge on any atom is -0.466 e. The number of aliphatic hydroxyl groups excluding tert-OH is 2. The number of nitrogens with one attached hydrogen (secondary N) is 1. The molecule has 99 heavy (non-hydrogen) atoms. The molecule has 588 valence electrons. The van der Waals surface area contributed by atoms with E-state index in [1.807, 2.05) is 0 Å². The molecule has 1 amide bonds. The van der Waals surface area contributed by atoms with Gasteiger partial charge in [0.2, 0.25) is 5.91 Å². The fourth-order valence-electron chi connectivity index (χ4n) is 15.0. The van der Waals surface area contributed by atoms with Gasteiger partial charge in [-0.25, -0.2) is 0 Å². The summed E-state index contributed by atoms with van der Waals surface area (Å²) in [6.45, 7) is 5.02. The quantitative estimate of drug-likeness (QED) is 0.0320. The Morgan fingerprint density at radius 1 is 0.273 bits per heavy atom. The zero-order valence-electron chi connectivity index (χ0n) is 67.8. The van der Waals surface area contributed by atoms with E-state index in [1.165, 1.54) is 462 Å². The van der Waals surface area contributed by atoms with Crippen molar-refractivity contribution >= 4 is 11.9 Å². The first kappa shape index (κ1) is 97.3. The minimum absolute atomic E-state index is 0.0209. The fraction of sp³-hybridized carbons (Fsp3) is 0.935. The summed E-state index contributed by atoms with van der Waals surface area (Å²) in [6.07, 6.45) is 116. The average molecular weight is 1390 g/mol. The van der Waals surface area contributed by atoms with E-state index in [1.54, 1.807) is 0 Å². The van der Waals surface area contributed by atoms with Gasteiger partial charge >= 0.3 is 5.97 Å². The number of aliphatic hydroxyl groups is 2. The van der Waals surface area contributed by atoms with Crippen molar-refractivity contribution in [2.75, 3.05) is 13.2 Å². The molecule has 0 aliphatic carbocycles. The maximum atomic E-state index is 12.6. The Hall–Kier alpha value is -1.66. The van der Waals surface area contributed by atoms with E-state index in [0.717, 1.165) is 38.5 Å². The van der Waals surface area contributed by atoms with Crippen molar-refractivity contribution in [2.45, 2.75) is 546 Å². The third-order valence-electron chi connectivity index (χ3n) is 22.0. The van der Waals surface area contributed by atoms with Gasteiger partial charge < -0.3 is 20.3 Å². The topological polar surface area (TPSA) is 95.9 Å². The lowest BCUT2D eigenvalue weighted by atomic mass is 10.0. The van der Waals surface area contributed by atoms with Crippen molar-refractivity contribution in [3.8, 4) is 0 Å². The molecule has 2 atom stereocenters. The van der Waals surface area contributed by atoms with Gasteiger partial charge in [0.1, 0.15) is 0 Å². The van der Waals surface area contributed by atoms with E-state index in [-0.39, 0.29) is 18.5 Å². The number of allylic oxidation sites excluding steroid dienone is 4. The zero-order valence-corrected chi connectivity index (χ0v) is 67.8. The Morgan fingerprint density at radius 2 is 0.475 bits per heavy atom. The molecule has 0 bridgehead atoms. The van der Waals surface area contributed by atoms with Crippen molar-refractivity contribution < 1.29 is 24.5 Å². The molecular weight excluding hydrogens is 1210 g/mol. The standard InChI is InChI=1S/C93H181NO5/c1-3-5-7-9-11-13-15-17-19-21-23-24-25-41-44-47-50-53-57-61-65-69-73-77-81-85-91(96)90(89-95)94-92(97)86-82-78-74-70-66-62-58-54-51-48-45-42-39-37-35-33-31-29-27-26-28-30-32-34-36-38-40-43-46-49-52-56-60-64-68-72-76-80-84-88-99-93(98)87-83-79-75-71-67-63-59-55-22-20-18-16-14-12-10-8-6-4-2/h20,22,26-27,90-91,95-96H,3-19,21,23-25,28-89H2,1-2H3,(H,94,97)/b22-20-,27-26-. The number of rotatable bonds is 88. The molecule has 0 aromatic carbocycles. The van der Waals surface area contributed by atoms with Gasteiger partial charge in [-0.05, 0) is 77.0 Å². The molecule has 0 saturated carbocycles. The highest BCUT2D eigenvalue weighted by molar-refractivity contribution is 5.76. The number of hydrogen-bond acceptors (Lipinski definition) is 5. The predicted molar refractivity (Wildman–Crippen MR) is 440 cm³/mol. The summed E-state index contributed by atoms with van der Waals surface area (Å²) in [5.41, 5.74) is 0. The van der Waals surface area contributed by atoms with Gasteiger partial charge in [-0.3, -0.25) is 9.59 Å². The van der Waals surface area contributed by atoms with Crippen molar-refractivity contribution in [1.29, 1.82) is 0 Å². The van der Waals surface area contributed by atoms with Crippen LogP contribution in [0.5, 0.6) is 0 Å². The molecule has 0 aromatic heterocycles. The maximum Gasteiger partial charge on any atom is 0.305 e. The summed E-state index contributed by atoms with van der Waals surface area (Å²) in [6, 6.07) is -0.540. The molecule has 0 fully saturated rings. The van der Waals surface area contributed by atoms with Crippen molar-refractivity contribution in [3.05, 3.63) is 24.3 Å². The highest BCUT2D eigenvalue weighted by Crippen LogP contribution is 2.21. The lowest BCUT2D eigenvalue weighted by molar-refractivity contribution is -0.143. The van der Waals surface area contributed by atoms with E-state index < -0.39 is 12.1 Å². The summed E-state index contributed by atoms with van der Waals surface area (Å²) in [5.74, 6) is -0.00289. The van der Waals surface area contributed by atoms with E-state index >= 15 is 0 Å². The summed E-state index contributed by atoms with van der Waals surface area (Å²) in [5, 5.41) is 23.5. The number of esters is 1. The van der Waals surface area contributed by atoms with Crippen LogP contribution in [0, 0.1) is 0 Å². The summed E-state index contributed by atoms with van der Waals surface area (Å²) >= 11 is 0. The lowest BCUT2D eigenvalue weighted by Gasteiger charge is -2.22. The van der Waals surface area contributed by atoms with Gasteiger partial charge in [-0.2, -0.15) is 0 Å². The van der Waals surface area contributed by atoms with Gasteiger partial charge in [0.25, 0.3) is 0 Å². The van der Waals surface area contributed by atoms with Crippen LogP contribution in [0.4, 0.5) is 0 Å². The van der Waals surface area contributed by atoms with Crippen LogP contribution >= 0.6 is 0 Å². The van der Waals surface area contributed by atoms with Crippen LogP contribution in [0.15, 0.2) is 24.3 Å². The highest BCUT2D eigenvalue weighted by atomic mass is 16.5. The molecule has 2 unspecified atom stereocenters. The van der Waals surface area contributed by atoms with E-state index in [0.29, 0.717) is 25.9 Å². The fourth-order valence-corrected chi connectivity index (χ4v) is 15.0. The molecule has 0 aliphatic rings. The van der Waals surface area contributed by atoms with Gasteiger partial charge in [0, 0.05) is 12.8 Å². The number of hydrogen-bond donors (Lipinski definition) is 3. The minimum atomic E-state index is -0.663. The molecular formula is C93H181NO5. The third-order valence-corrected chi connectivity index (χ3v) is 22.0. The summed E-state index contributed by atoms with van der Waals surface area (Å²) in [4.78, 5) is 24.7. The van der Waals surface area contributed by atoms with E-state index in [9.17, 15) is 19.8 Å². The average Bonchev–Trinajstić information content (AvgIpc) is 2.05. The van der Waals surface area contributed by atoms with Crippen LogP contribution in [0.25, 0.3) is 0 Å². The summed E-state index contributed by atoms with van der Waals surface area (Å²) in [7, 11) is 0. The van der Waals surface area contributed by atoms with Crippen LogP contribution in [0.3, 0.4) is 0 Å². The predicted octanol–water partition coefficient (Wildman–Crippen LogP) is 31.1. The second-order valence-corrected chi connectivity index (χ2v) is 32.0. The molecule has 0 aromatic rings. The van der Waals surface area contributed by atoms with Gasteiger partial charge in [0.15, 0.2) is 0 Å². The first-order valence-electron chi connectivity index (χ1n) is 46.1. The SMILES string of the molecule is CCCCCCCCC/C=C\CCCCCCCCCC(=O)OCCCCCCCCCCCCCCCCCCCC/C=C\CCCCCCCCCCCCCCCCCCCC(=O)NC(CO)C(O)CCCCCCCCCCCCCCCCCCCCCCCCCCC. The van der Waals surface area contributed by atoms with Crippen molar-refractivity contribution in [3.63, 3.8) is 0 Å². The molecule has 0 heterocycles. The zero-order chi connectivity index (χ0) is 71.2. The Bertz CT molecular complexity index is 1560. The lowest BCUT2D eigenvalue weighted by Crippen LogP contribution is -2.45. The van der Waals surface area contributed by atoms with Crippen molar-refractivity contribution in [2.24, 2.45) is 0 Å². The number of carbonyl (C=O) groups excluding carboxylic acids is 2. The smallest absolute Gasteiger partial charge is 0.305 e. The first-order chi connectivity index (χ1) is 49.0. The molecule has 0 aliphatic heterocycles.